The molecular weight excluding hydrogens is 661 g/mol. The Morgan fingerprint density at radius 3 is 2.15 bits per heavy atom. The first kappa shape index (κ1) is 34.7. The van der Waals surface area contributed by atoms with Gasteiger partial charge in [-0.25, -0.2) is 4.99 Å². The molecule has 2 fully saturated rings. The fourth-order valence-corrected chi connectivity index (χ4v) is 5.77. The molecule has 0 bridgehead atoms. The van der Waals surface area contributed by atoms with Crippen molar-refractivity contribution in [3.05, 3.63) is 70.3 Å². The number of nitrogens with zero attached hydrogens (tertiary/aromatic N) is 4. The first-order valence-corrected chi connectivity index (χ1v) is 14.6. The molecule has 2 amide bonds. The van der Waals surface area contributed by atoms with Crippen molar-refractivity contribution in [3.63, 3.8) is 0 Å². The summed E-state index contributed by atoms with van der Waals surface area (Å²) >= 11 is 0. The Bertz CT molecular complexity index is 1660. The van der Waals surface area contributed by atoms with Gasteiger partial charge in [-0.1, -0.05) is 31.0 Å². The van der Waals surface area contributed by atoms with Crippen LogP contribution in [0, 0.1) is 16.7 Å². The summed E-state index contributed by atoms with van der Waals surface area (Å²) in [7, 11) is 0. The predicted octanol–water partition coefficient (Wildman–Crippen LogP) is 5.74. The third kappa shape index (κ3) is 6.82. The van der Waals surface area contributed by atoms with Gasteiger partial charge < -0.3 is 15.5 Å². The van der Waals surface area contributed by atoms with E-state index >= 15 is 0 Å². The number of benzene rings is 2. The molecule has 1 atom stereocenters. The van der Waals surface area contributed by atoms with Gasteiger partial charge in [0.05, 0.1) is 29.8 Å². The number of amidine groups is 2. The van der Waals surface area contributed by atoms with Crippen molar-refractivity contribution in [1.82, 2.24) is 14.7 Å². The molecule has 18 heteroatoms. The monoisotopic (exact) mass is 689 g/mol. The van der Waals surface area contributed by atoms with Crippen molar-refractivity contribution < 1.29 is 49.1 Å². The van der Waals surface area contributed by atoms with Crippen LogP contribution in [0.15, 0.2) is 47.5 Å². The molecule has 1 unspecified atom stereocenters. The van der Waals surface area contributed by atoms with E-state index in [1.165, 1.54) is 0 Å². The van der Waals surface area contributed by atoms with Gasteiger partial charge in [-0.3, -0.25) is 25.3 Å². The molecule has 0 aromatic heterocycles. The summed E-state index contributed by atoms with van der Waals surface area (Å²) in [4.78, 5) is 33.8. The molecule has 4 N–H and O–H groups in total. The summed E-state index contributed by atoms with van der Waals surface area (Å²) in [6.45, 7) is -2.46. The minimum Gasteiger partial charge on any atom is -0.369 e. The van der Waals surface area contributed by atoms with Crippen LogP contribution in [0.2, 0.25) is 0 Å². The molecule has 0 spiro atoms. The zero-order valence-electron chi connectivity index (χ0n) is 24.9. The number of rotatable bonds is 7. The fraction of sp³-hybridized carbons (Fsp3) is 0.433. The predicted molar refractivity (Wildman–Crippen MR) is 153 cm³/mol. The zero-order valence-corrected chi connectivity index (χ0v) is 24.9. The second-order valence-electron chi connectivity index (χ2n) is 11.8. The molecule has 1 saturated carbocycles. The molecule has 0 radical (unpaired) electrons. The van der Waals surface area contributed by atoms with Gasteiger partial charge in [0, 0.05) is 13.1 Å². The number of alkyl halides is 9. The lowest BCUT2D eigenvalue weighted by atomic mass is 9.84. The van der Waals surface area contributed by atoms with Crippen molar-refractivity contribution in [2.24, 2.45) is 16.6 Å². The third-order valence-corrected chi connectivity index (χ3v) is 8.53. The van der Waals surface area contributed by atoms with E-state index < -0.39 is 90.4 Å². The standard InChI is InChI=1S/C30H28F9N7O2/c31-28(32,33)19-6-4-18(5-7-19)27(10-9-16-1-2-16)25(48)46(26(42)43-27)14-17-3-8-21(29(34,35)36)20(13-17)23(47)44-11-12-45(22(40)15-44)24(41)30(37,38)39/h3-8,13,16,40-41H,1-2,9-12,14-15H2,(H2,42,43). The lowest BCUT2D eigenvalue weighted by Gasteiger charge is -2.37. The SMILES string of the molecule is N=C1CN(C(=O)c2cc(CN3C(=O)C(CCC4CC4)(c4ccc(C(F)(F)F)cc4)N=C3N)ccc2C(F)(F)F)CCN1C(=N)C(F)(F)F. The summed E-state index contributed by atoms with van der Waals surface area (Å²) in [6, 6.07) is 6.37. The van der Waals surface area contributed by atoms with Gasteiger partial charge in [0.1, 0.15) is 5.84 Å². The van der Waals surface area contributed by atoms with Crippen LogP contribution in [0.1, 0.15) is 58.3 Å². The summed E-state index contributed by atoms with van der Waals surface area (Å²) in [5.74, 6) is -4.67. The molecule has 1 saturated heterocycles. The average Bonchev–Trinajstić information content (AvgIpc) is 3.80. The van der Waals surface area contributed by atoms with Crippen LogP contribution in [-0.4, -0.2) is 70.0 Å². The molecule has 5 rings (SSSR count). The molecule has 258 valence electrons. The Kier molecular flexibility index (Phi) is 8.75. The molecule has 3 aliphatic rings. The Morgan fingerprint density at radius 2 is 1.60 bits per heavy atom. The van der Waals surface area contributed by atoms with Crippen LogP contribution in [0.5, 0.6) is 0 Å². The van der Waals surface area contributed by atoms with Crippen LogP contribution < -0.4 is 5.73 Å². The summed E-state index contributed by atoms with van der Waals surface area (Å²) in [5.41, 5.74) is 1.39. The number of hydrogen-bond acceptors (Lipinski definition) is 6. The fourth-order valence-electron chi connectivity index (χ4n) is 5.77. The number of nitrogens with two attached hydrogens (primary N) is 1. The minimum atomic E-state index is -5.09. The van der Waals surface area contributed by atoms with Crippen molar-refractivity contribution in [3.8, 4) is 0 Å². The Hall–Kier alpha value is -4.64. The van der Waals surface area contributed by atoms with E-state index in [0.29, 0.717) is 23.3 Å². The number of nitrogens with one attached hydrogen (secondary N) is 2. The first-order valence-electron chi connectivity index (χ1n) is 14.6. The Balaban J connectivity index is 1.42. The number of guanidine groups is 1. The van der Waals surface area contributed by atoms with E-state index in [9.17, 15) is 49.1 Å². The van der Waals surface area contributed by atoms with Crippen molar-refractivity contribution in [2.75, 3.05) is 19.6 Å². The van der Waals surface area contributed by atoms with E-state index in [2.05, 4.69) is 4.99 Å². The molecule has 48 heavy (non-hydrogen) atoms. The lowest BCUT2D eigenvalue weighted by molar-refractivity contribution is -0.138. The molecule has 2 aromatic carbocycles. The molecule has 1 aliphatic carbocycles. The first-order chi connectivity index (χ1) is 22.2. The lowest BCUT2D eigenvalue weighted by Crippen LogP contribution is -2.56. The topological polar surface area (TPSA) is 130 Å². The highest BCUT2D eigenvalue weighted by Crippen LogP contribution is 2.44. The summed E-state index contributed by atoms with van der Waals surface area (Å²) in [6.07, 6.45) is -12.3. The van der Waals surface area contributed by atoms with Crippen LogP contribution in [0.4, 0.5) is 39.5 Å². The number of aliphatic imine (C=N–C) groups is 1. The zero-order chi connectivity index (χ0) is 35.4. The van der Waals surface area contributed by atoms with Gasteiger partial charge in [0.15, 0.2) is 11.5 Å². The van der Waals surface area contributed by atoms with Crippen molar-refractivity contribution >= 4 is 29.4 Å². The van der Waals surface area contributed by atoms with E-state index in [4.69, 9.17) is 16.6 Å². The molecule has 2 aliphatic heterocycles. The van der Waals surface area contributed by atoms with Gasteiger partial charge in [0.2, 0.25) is 5.84 Å². The Morgan fingerprint density at radius 1 is 0.958 bits per heavy atom. The number of hydrogen-bond donors (Lipinski definition) is 3. The maximum Gasteiger partial charge on any atom is 0.449 e. The minimum absolute atomic E-state index is 0.00387. The normalized spacial score (nSPS) is 20.8. The number of carbonyl (C=O) groups is 2. The maximum atomic E-state index is 14.0. The second kappa shape index (κ2) is 12.1. The molecular formula is C30H28F9N7O2. The van der Waals surface area contributed by atoms with E-state index in [0.717, 1.165) is 59.0 Å². The van der Waals surface area contributed by atoms with Gasteiger partial charge in [-0.05, 0) is 54.2 Å². The second-order valence-corrected chi connectivity index (χ2v) is 11.8. The highest BCUT2D eigenvalue weighted by Gasteiger charge is 2.50. The van der Waals surface area contributed by atoms with E-state index in [1.807, 2.05) is 0 Å². The quantitative estimate of drug-likeness (QED) is 0.195. The third-order valence-electron chi connectivity index (χ3n) is 8.53. The highest BCUT2D eigenvalue weighted by atomic mass is 19.4. The summed E-state index contributed by atoms with van der Waals surface area (Å²) in [5, 5.41) is 15.2. The largest absolute Gasteiger partial charge is 0.449 e. The number of carbonyl (C=O) groups excluding carboxylic acids is 2. The number of amides is 2. The van der Waals surface area contributed by atoms with Crippen LogP contribution in [0.3, 0.4) is 0 Å². The van der Waals surface area contributed by atoms with Crippen molar-refractivity contribution in [2.45, 2.75) is 56.3 Å². The number of piperazine rings is 1. The van der Waals surface area contributed by atoms with Crippen molar-refractivity contribution in [1.29, 1.82) is 10.8 Å². The number of halogens is 9. The van der Waals surface area contributed by atoms with Gasteiger partial charge >= 0.3 is 18.5 Å². The average molecular weight is 690 g/mol. The van der Waals surface area contributed by atoms with Gasteiger partial charge in [0.25, 0.3) is 11.8 Å². The molecule has 9 nitrogen and oxygen atoms in total. The van der Waals surface area contributed by atoms with Gasteiger partial charge in [-0.2, -0.15) is 39.5 Å². The Labute approximate surface area is 267 Å². The van der Waals surface area contributed by atoms with Crippen LogP contribution in [0.25, 0.3) is 0 Å². The smallest absolute Gasteiger partial charge is 0.369 e. The van der Waals surface area contributed by atoms with Gasteiger partial charge in [-0.15, -0.1) is 0 Å². The van der Waals surface area contributed by atoms with Crippen LogP contribution in [-0.2, 0) is 29.2 Å². The molecule has 2 aromatic rings. The molecule has 2 heterocycles. The summed E-state index contributed by atoms with van der Waals surface area (Å²) < 4.78 is 121. The highest BCUT2D eigenvalue weighted by molar-refractivity contribution is 6.07. The van der Waals surface area contributed by atoms with E-state index in [1.54, 1.807) is 0 Å². The van der Waals surface area contributed by atoms with Crippen LogP contribution >= 0.6 is 0 Å². The maximum absolute atomic E-state index is 14.0. The van der Waals surface area contributed by atoms with E-state index in [-0.39, 0.29) is 23.5 Å².